The smallest absolute Gasteiger partial charge is 0.277 e. The van der Waals surface area contributed by atoms with E-state index in [-0.39, 0.29) is 25.2 Å². The average Bonchev–Trinajstić information content (AvgIpc) is 2.75. The van der Waals surface area contributed by atoms with Gasteiger partial charge in [0.15, 0.2) is 5.69 Å². The molecular formula is C9H6Cl2N4OZn. The van der Waals surface area contributed by atoms with Crippen molar-refractivity contribution in [3.05, 3.63) is 40.1 Å². The monoisotopic (exact) mass is 320 g/mol. The Kier molecular flexibility index (Phi) is 5.06. The summed E-state index contributed by atoms with van der Waals surface area (Å²) in [6.07, 6.45) is 1.32. The van der Waals surface area contributed by atoms with Crippen molar-refractivity contribution in [2.75, 3.05) is 5.32 Å². The zero-order valence-corrected chi connectivity index (χ0v) is 13.1. The summed E-state index contributed by atoms with van der Waals surface area (Å²) in [6.45, 7) is 0. The van der Waals surface area contributed by atoms with Crippen LogP contribution in [-0.2, 0) is 19.5 Å². The second-order valence-corrected chi connectivity index (χ2v) is 3.78. The SMILES string of the molecule is O=C(Nc1ccc(Cl)cc1Cl)c1cn[nH]n1.[Zn]. The van der Waals surface area contributed by atoms with Crippen molar-refractivity contribution in [2.45, 2.75) is 0 Å². The minimum absolute atomic E-state index is 0. The van der Waals surface area contributed by atoms with Crippen LogP contribution in [0, 0.1) is 0 Å². The van der Waals surface area contributed by atoms with Gasteiger partial charge in [-0.2, -0.15) is 15.4 Å². The normalized spacial score (nSPS) is 9.53. The fraction of sp³-hybridized carbons (Fsp3) is 0. The van der Waals surface area contributed by atoms with Gasteiger partial charge in [-0.15, -0.1) is 0 Å². The van der Waals surface area contributed by atoms with E-state index in [4.69, 9.17) is 23.2 Å². The molecule has 0 radical (unpaired) electrons. The van der Waals surface area contributed by atoms with E-state index < -0.39 is 5.91 Å². The molecule has 0 aliphatic rings. The number of nitrogens with one attached hydrogen (secondary N) is 2. The molecule has 0 aliphatic carbocycles. The Morgan fingerprint density at radius 2 is 2.12 bits per heavy atom. The Labute approximate surface area is 120 Å². The molecule has 2 N–H and O–H groups in total. The van der Waals surface area contributed by atoms with Gasteiger partial charge >= 0.3 is 0 Å². The number of benzene rings is 1. The van der Waals surface area contributed by atoms with Crippen molar-refractivity contribution in [1.29, 1.82) is 0 Å². The quantitative estimate of drug-likeness (QED) is 0.834. The molecule has 1 aromatic carbocycles. The van der Waals surface area contributed by atoms with E-state index >= 15 is 0 Å². The fourth-order valence-electron chi connectivity index (χ4n) is 1.09. The van der Waals surface area contributed by atoms with Crippen LogP contribution in [0.1, 0.15) is 10.5 Å². The molecule has 0 fully saturated rings. The first-order chi connectivity index (χ1) is 7.66. The van der Waals surface area contributed by atoms with E-state index in [0.29, 0.717) is 15.7 Å². The molecule has 2 aromatic rings. The molecule has 0 atom stereocenters. The van der Waals surface area contributed by atoms with E-state index in [1.54, 1.807) is 18.2 Å². The number of aromatic amines is 1. The van der Waals surface area contributed by atoms with Gasteiger partial charge in [-0.25, -0.2) is 0 Å². The summed E-state index contributed by atoms with van der Waals surface area (Å²) >= 11 is 11.6. The molecule has 0 spiro atoms. The van der Waals surface area contributed by atoms with Crippen molar-refractivity contribution in [3.8, 4) is 0 Å². The second kappa shape index (κ2) is 6.10. The van der Waals surface area contributed by atoms with Crippen molar-refractivity contribution >= 4 is 34.8 Å². The average molecular weight is 322 g/mol. The molecule has 17 heavy (non-hydrogen) atoms. The van der Waals surface area contributed by atoms with Gasteiger partial charge in [0.2, 0.25) is 0 Å². The van der Waals surface area contributed by atoms with E-state index in [1.807, 2.05) is 0 Å². The third-order valence-electron chi connectivity index (χ3n) is 1.83. The zero-order valence-electron chi connectivity index (χ0n) is 8.58. The third-order valence-corrected chi connectivity index (χ3v) is 2.37. The third kappa shape index (κ3) is 3.49. The summed E-state index contributed by atoms with van der Waals surface area (Å²) in [5.74, 6) is -0.391. The Morgan fingerprint density at radius 1 is 1.35 bits per heavy atom. The summed E-state index contributed by atoms with van der Waals surface area (Å²) in [5, 5.41) is 13.0. The molecule has 8 heteroatoms. The van der Waals surface area contributed by atoms with Crippen LogP contribution in [0.15, 0.2) is 24.4 Å². The maximum absolute atomic E-state index is 11.6. The Balaban J connectivity index is 0.00000144. The van der Waals surface area contributed by atoms with Gasteiger partial charge in [0.25, 0.3) is 5.91 Å². The van der Waals surface area contributed by atoms with Gasteiger partial charge in [0.05, 0.1) is 16.9 Å². The predicted octanol–water partition coefficient (Wildman–Crippen LogP) is 2.36. The number of anilines is 1. The number of halogens is 2. The van der Waals surface area contributed by atoms with Crippen LogP contribution >= 0.6 is 23.2 Å². The minimum Gasteiger partial charge on any atom is -0.319 e. The first-order valence-corrected chi connectivity index (χ1v) is 5.04. The van der Waals surface area contributed by atoms with Crippen LogP contribution in [0.2, 0.25) is 10.0 Å². The summed E-state index contributed by atoms with van der Waals surface area (Å²) in [4.78, 5) is 11.6. The van der Waals surface area contributed by atoms with E-state index in [2.05, 4.69) is 20.7 Å². The molecule has 0 saturated carbocycles. The van der Waals surface area contributed by atoms with Gasteiger partial charge in [-0.3, -0.25) is 4.79 Å². The topological polar surface area (TPSA) is 70.7 Å². The van der Waals surface area contributed by atoms with Crippen LogP contribution in [0.3, 0.4) is 0 Å². The summed E-state index contributed by atoms with van der Waals surface area (Å²) in [6, 6.07) is 4.79. The van der Waals surface area contributed by atoms with E-state index in [1.165, 1.54) is 6.20 Å². The summed E-state index contributed by atoms with van der Waals surface area (Å²) in [7, 11) is 0. The molecule has 0 bridgehead atoms. The van der Waals surface area contributed by atoms with Crippen LogP contribution in [-0.4, -0.2) is 21.3 Å². The number of rotatable bonds is 2. The van der Waals surface area contributed by atoms with Crippen LogP contribution in [0.25, 0.3) is 0 Å². The maximum atomic E-state index is 11.6. The first-order valence-electron chi connectivity index (χ1n) is 4.29. The molecule has 1 amide bonds. The number of amides is 1. The number of nitrogens with zero attached hydrogens (tertiary/aromatic N) is 2. The minimum atomic E-state index is -0.391. The largest absolute Gasteiger partial charge is 0.319 e. The number of carbonyl (C=O) groups is 1. The van der Waals surface area contributed by atoms with Crippen LogP contribution < -0.4 is 5.32 Å². The van der Waals surface area contributed by atoms with E-state index in [9.17, 15) is 4.79 Å². The van der Waals surface area contributed by atoms with Crippen molar-refractivity contribution < 1.29 is 24.3 Å². The standard InChI is InChI=1S/C9H6Cl2N4O.Zn/c10-5-1-2-7(6(11)3-5)13-9(16)8-4-12-15-14-8;/h1-4H,(H,13,16)(H,12,14,15);. The second-order valence-electron chi connectivity index (χ2n) is 2.93. The zero-order chi connectivity index (χ0) is 11.5. The molecule has 1 heterocycles. The maximum Gasteiger partial charge on any atom is 0.277 e. The molecule has 1 aromatic heterocycles. The van der Waals surface area contributed by atoms with Gasteiger partial charge in [-0.1, -0.05) is 23.2 Å². The Bertz CT molecular complexity index is 518. The van der Waals surface area contributed by atoms with Crippen molar-refractivity contribution in [2.24, 2.45) is 0 Å². The van der Waals surface area contributed by atoms with Crippen LogP contribution in [0.5, 0.6) is 0 Å². The Hall–Kier alpha value is -0.967. The van der Waals surface area contributed by atoms with Gasteiger partial charge in [0.1, 0.15) is 0 Å². The number of hydrogen-bond acceptors (Lipinski definition) is 3. The predicted molar refractivity (Wildman–Crippen MR) is 60.8 cm³/mol. The van der Waals surface area contributed by atoms with E-state index in [0.717, 1.165) is 0 Å². The first kappa shape index (κ1) is 14.1. The fourth-order valence-corrected chi connectivity index (χ4v) is 1.54. The van der Waals surface area contributed by atoms with Gasteiger partial charge in [-0.05, 0) is 18.2 Å². The Morgan fingerprint density at radius 3 is 2.71 bits per heavy atom. The van der Waals surface area contributed by atoms with Crippen LogP contribution in [0.4, 0.5) is 5.69 Å². The molecule has 0 saturated heterocycles. The number of hydrogen-bond donors (Lipinski definition) is 2. The summed E-state index contributed by atoms with van der Waals surface area (Å²) < 4.78 is 0. The molecule has 5 nitrogen and oxygen atoms in total. The number of carbonyl (C=O) groups excluding carboxylic acids is 1. The molecular weight excluding hydrogens is 316 g/mol. The summed E-state index contributed by atoms with van der Waals surface area (Å²) in [5.41, 5.74) is 0.657. The molecule has 0 unspecified atom stereocenters. The number of H-pyrrole nitrogens is 1. The molecule has 84 valence electrons. The van der Waals surface area contributed by atoms with Gasteiger partial charge < -0.3 is 5.32 Å². The number of aromatic nitrogens is 3. The molecule has 0 aliphatic heterocycles. The molecule has 2 rings (SSSR count). The van der Waals surface area contributed by atoms with Gasteiger partial charge in [0, 0.05) is 24.5 Å². The van der Waals surface area contributed by atoms with Crippen molar-refractivity contribution in [1.82, 2.24) is 15.4 Å². The van der Waals surface area contributed by atoms with Crippen molar-refractivity contribution in [3.63, 3.8) is 0 Å².